The molecule has 0 aliphatic carbocycles. The molecule has 5 heteroatoms. The van der Waals surface area contributed by atoms with Gasteiger partial charge < -0.3 is 15.0 Å². The lowest BCUT2D eigenvalue weighted by atomic mass is 9.89. The second-order valence-electron chi connectivity index (χ2n) is 8.30. The molecule has 0 amide bonds. The number of ether oxygens (including phenoxy) is 1. The Hall–Kier alpha value is -3.34. The van der Waals surface area contributed by atoms with E-state index < -0.39 is 11.6 Å². The van der Waals surface area contributed by atoms with Gasteiger partial charge in [-0.3, -0.25) is 0 Å². The number of halogens is 2. The Morgan fingerprint density at radius 1 is 0.967 bits per heavy atom. The number of rotatable bonds is 3. The molecule has 0 aromatic heterocycles. The largest absolute Gasteiger partial charge is 0.496 e. The molecule has 30 heavy (non-hydrogen) atoms. The van der Waals surface area contributed by atoms with Gasteiger partial charge in [0.2, 0.25) is 0 Å². The molecule has 0 unspecified atom stereocenters. The van der Waals surface area contributed by atoms with E-state index in [0.717, 1.165) is 45.5 Å². The summed E-state index contributed by atoms with van der Waals surface area (Å²) in [6.45, 7) is 4.68. The topological polar surface area (TPSA) is 24.5 Å². The quantitative estimate of drug-likeness (QED) is 0.562. The Balaban J connectivity index is 1.74. The van der Waals surface area contributed by atoms with Gasteiger partial charge in [-0.1, -0.05) is 24.3 Å². The molecule has 0 saturated heterocycles. The highest BCUT2D eigenvalue weighted by atomic mass is 19.1. The highest BCUT2D eigenvalue weighted by Gasteiger charge is 2.36. The number of methoxy groups -OCH3 is 1. The van der Waals surface area contributed by atoms with Crippen LogP contribution in [0, 0.1) is 11.6 Å². The van der Waals surface area contributed by atoms with Crippen molar-refractivity contribution in [3.05, 3.63) is 83.4 Å². The maximum absolute atomic E-state index is 14.0. The lowest BCUT2D eigenvalue weighted by molar-refractivity contribution is 0.416. The van der Waals surface area contributed by atoms with Gasteiger partial charge in [0.25, 0.3) is 0 Å². The number of benzene rings is 3. The molecule has 0 bridgehead atoms. The van der Waals surface area contributed by atoms with E-state index in [4.69, 9.17) is 4.74 Å². The molecule has 0 saturated carbocycles. The Morgan fingerprint density at radius 2 is 1.70 bits per heavy atom. The Labute approximate surface area is 174 Å². The van der Waals surface area contributed by atoms with E-state index >= 15 is 0 Å². The van der Waals surface area contributed by atoms with Crippen LogP contribution in [0.5, 0.6) is 5.75 Å². The second kappa shape index (κ2) is 6.59. The molecule has 152 valence electrons. The first-order chi connectivity index (χ1) is 14.4. The second-order valence-corrected chi connectivity index (χ2v) is 8.30. The van der Waals surface area contributed by atoms with Crippen molar-refractivity contribution < 1.29 is 13.5 Å². The van der Waals surface area contributed by atoms with Crippen LogP contribution in [0.1, 0.15) is 25.0 Å². The van der Waals surface area contributed by atoms with E-state index in [1.165, 1.54) is 12.1 Å². The van der Waals surface area contributed by atoms with Gasteiger partial charge in [-0.25, -0.2) is 8.78 Å². The van der Waals surface area contributed by atoms with Crippen LogP contribution in [0.3, 0.4) is 0 Å². The van der Waals surface area contributed by atoms with Crippen LogP contribution < -0.4 is 15.0 Å². The van der Waals surface area contributed by atoms with Crippen molar-refractivity contribution in [2.24, 2.45) is 0 Å². The lowest BCUT2D eigenvalue weighted by Crippen LogP contribution is -2.33. The van der Waals surface area contributed by atoms with Gasteiger partial charge in [0.1, 0.15) is 17.4 Å². The molecule has 5 rings (SSSR count). The molecule has 3 aromatic carbocycles. The molecule has 3 nitrogen and oxygen atoms in total. The minimum absolute atomic E-state index is 0.292. The Morgan fingerprint density at radius 3 is 2.43 bits per heavy atom. The van der Waals surface area contributed by atoms with Crippen LogP contribution in [-0.2, 0) is 6.54 Å². The minimum Gasteiger partial charge on any atom is -0.496 e. The van der Waals surface area contributed by atoms with Crippen molar-refractivity contribution in [3.8, 4) is 16.9 Å². The molecule has 2 heterocycles. The van der Waals surface area contributed by atoms with Crippen molar-refractivity contribution in [2.45, 2.75) is 25.9 Å². The number of nitrogens with one attached hydrogen (secondary N) is 1. The van der Waals surface area contributed by atoms with Crippen molar-refractivity contribution in [1.29, 1.82) is 0 Å². The molecular formula is C25H22F2N2O. The van der Waals surface area contributed by atoms with Gasteiger partial charge in [0, 0.05) is 40.8 Å². The maximum atomic E-state index is 14.0. The highest BCUT2D eigenvalue weighted by molar-refractivity contribution is 5.97. The summed E-state index contributed by atoms with van der Waals surface area (Å²) in [5.41, 5.74) is 6.42. The fourth-order valence-corrected chi connectivity index (χ4v) is 4.51. The molecule has 0 atom stereocenters. The summed E-state index contributed by atoms with van der Waals surface area (Å²) in [6.07, 6.45) is 2.13. The molecule has 0 fully saturated rings. The van der Waals surface area contributed by atoms with Gasteiger partial charge in [0.05, 0.1) is 12.6 Å². The molecule has 1 N–H and O–H groups in total. The summed E-state index contributed by atoms with van der Waals surface area (Å²) < 4.78 is 33.6. The van der Waals surface area contributed by atoms with Crippen molar-refractivity contribution >= 4 is 17.1 Å². The monoisotopic (exact) mass is 404 g/mol. The predicted molar refractivity (Wildman–Crippen MR) is 117 cm³/mol. The first kappa shape index (κ1) is 18.7. The van der Waals surface area contributed by atoms with Gasteiger partial charge in [-0.15, -0.1) is 0 Å². The first-order valence-corrected chi connectivity index (χ1v) is 9.90. The third-order valence-corrected chi connectivity index (χ3v) is 5.69. The zero-order valence-electron chi connectivity index (χ0n) is 17.1. The number of para-hydroxylation sites is 1. The maximum Gasteiger partial charge on any atom is 0.128 e. The summed E-state index contributed by atoms with van der Waals surface area (Å²) in [5, 5.41) is 3.57. The van der Waals surface area contributed by atoms with Crippen LogP contribution >= 0.6 is 0 Å². The molecular weight excluding hydrogens is 382 g/mol. The summed E-state index contributed by atoms with van der Waals surface area (Å²) in [5.74, 6) is -0.376. The summed E-state index contributed by atoms with van der Waals surface area (Å²) >= 11 is 0. The average Bonchev–Trinajstić information content (AvgIpc) is 3.06. The fraction of sp³-hybridized carbons (Fsp3) is 0.200. The van der Waals surface area contributed by atoms with Gasteiger partial charge >= 0.3 is 0 Å². The zero-order chi connectivity index (χ0) is 21.0. The average molecular weight is 404 g/mol. The fourth-order valence-electron chi connectivity index (χ4n) is 4.51. The van der Waals surface area contributed by atoms with E-state index in [-0.39, 0.29) is 5.54 Å². The van der Waals surface area contributed by atoms with Crippen LogP contribution in [0.4, 0.5) is 20.2 Å². The molecule has 3 aromatic rings. The number of nitrogens with zero attached hydrogens (tertiary/aromatic N) is 1. The van der Waals surface area contributed by atoms with Crippen LogP contribution in [0.25, 0.3) is 16.8 Å². The normalized spacial score (nSPS) is 16.0. The Bertz CT molecular complexity index is 1180. The van der Waals surface area contributed by atoms with E-state index in [1.54, 1.807) is 7.11 Å². The van der Waals surface area contributed by atoms with E-state index in [2.05, 4.69) is 37.4 Å². The smallest absolute Gasteiger partial charge is 0.128 e. The van der Waals surface area contributed by atoms with Crippen molar-refractivity contribution in [1.82, 2.24) is 0 Å². The third kappa shape index (κ3) is 2.93. The standard InChI is InChI=1S/C25H22F2N2O/c1-25(2)13-22-24-20(14-29(22)17-11-15(26)10-16(27)12-17)18(8-9-21(24)28-25)19-6-4-5-7-23(19)30-3/h4-13,28H,14H2,1-3H3. The third-order valence-electron chi connectivity index (χ3n) is 5.69. The first-order valence-electron chi connectivity index (χ1n) is 9.90. The predicted octanol–water partition coefficient (Wildman–Crippen LogP) is 6.21. The highest BCUT2D eigenvalue weighted by Crippen LogP contribution is 2.49. The molecule has 2 aliphatic heterocycles. The van der Waals surface area contributed by atoms with Crippen LogP contribution in [-0.4, -0.2) is 12.6 Å². The van der Waals surface area contributed by atoms with Crippen molar-refractivity contribution in [2.75, 3.05) is 17.3 Å². The summed E-state index contributed by atoms with van der Waals surface area (Å²) in [6, 6.07) is 15.7. The van der Waals surface area contributed by atoms with Gasteiger partial charge in [-0.2, -0.15) is 0 Å². The van der Waals surface area contributed by atoms with Gasteiger partial charge in [-0.05, 0) is 55.3 Å². The number of hydrogen-bond acceptors (Lipinski definition) is 3. The SMILES string of the molecule is COc1ccccc1-c1ccc2c3c1CN(c1cc(F)cc(F)c1)C3=CC(C)(C)N2. The summed E-state index contributed by atoms with van der Waals surface area (Å²) in [4.78, 5) is 1.99. The molecule has 0 spiro atoms. The number of hydrogen-bond donors (Lipinski definition) is 1. The van der Waals surface area contributed by atoms with Crippen molar-refractivity contribution in [3.63, 3.8) is 0 Å². The van der Waals surface area contributed by atoms with Crippen LogP contribution in [0.15, 0.2) is 60.7 Å². The van der Waals surface area contributed by atoms with Crippen LogP contribution in [0.2, 0.25) is 0 Å². The van der Waals surface area contributed by atoms with E-state index in [9.17, 15) is 8.78 Å². The van der Waals surface area contributed by atoms with E-state index in [0.29, 0.717) is 12.2 Å². The molecule has 0 radical (unpaired) electrons. The molecule has 2 aliphatic rings. The van der Waals surface area contributed by atoms with Gasteiger partial charge in [0.15, 0.2) is 0 Å². The minimum atomic E-state index is -0.583. The Kier molecular flexibility index (Phi) is 4.10. The number of anilines is 2. The zero-order valence-corrected chi connectivity index (χ0v) is 17.1. The van der Waals surface area contributed by atoms with E-state index in [1.807, 2.05) is 29.2 Å². The summed E-state index contributed by atoms with van der Waals surface area (Å²) in [7, 11) is 1.66. The lowest BCUT2D eigenvalue weighted by Gasteiger charge is -2.33.